The molecular weight excluding hydrogens is 370 g/mol. The summed E-state index contributed by atoms with van der Waals surface area (Å²) in [5.41, 5.74) is 0. The van der Waals surface area contributed by atoms with Crippen molar-refractivity contribution in [1.82, 2.24) is 0 Å². The first-order valence-electron chi connectivity index (χ1n) is 13.6. The van der Waals surface area contributed by atoms with Gasteiger partial charge in [0.2, 0.25) is 0 Å². The molecule has 180 valence electrons. The Morgan fingerprint density at radius 2 is 0.800 bits per heavy atom. The molecule has 0 atom stereocenters. The van der Waals surface area contributed by atoms with Crippen LogP contribution in [0.15, 0.2) is 0 Å². The van der Waals surface area contributed by atoms with E-state index in [1.54, 1.807) is 0 Å². The van der Waals surface area contributed by atoms with Crippen LogP contribution in [0.25, 0.3) is 0 Å². The van der Waals surface area contributed by atoms with Crippen LogP contribution < -0.4 is 0 Å². The van der Waals surface area contributed by atoms with Gasteiger partial charge < -0.3 is 14.9 Å². The molecule has 0 rings (SSSR count). The van der Waals surface area contributed by atoms with E-state index in [0.29, 0.717) is 6.42 Å². The Bertz CT molecular complexity index is 296. The van der Waals surface area contributed by atoms with Gasteiger partial charge in [0, 0.05) is 25.8 Å². The molecule has 0 spiro atoms. The van der Waals surface area contributed by atoms with E-state index in [2.05, 4.69) is 13.8 Å². The van der Waals surface area contributed by atoms with Crippen LogP contribution >= 0.6 is 0 Å². The normalized spacial score (nSPS) is 11.4. The van der Waals surface area contributed by atoms with Crippen LogP contribution in [-0.2, 0) is 9.47 Å². The topological polar surface area (TPSA) is 42.3 Å². The molecule has 3 nitrogen and oxygen atoms in total. The standard InChI is InChI=1S/C27H55NO2/c1-3-5-7-9-11-13-15-17-19-21-25-29-27(23-24-28)30-26-22-20-18-16-14-12-10-8-6-4-2/h24,27-28H,3-23,25-26H2,1-2H3. The summed E-state index contributed by atoms with van der Waals surface area (Å²) in [4.78, 5) is 0. The third-order valence-electron chi connectivity index (χ3n) is 5.91. The first-order chi connectivity index (χ1) is 14.8. The first-order valence-corrected chi connectivity index (χ1v) is 13.6. The van der Waals surface area contributed by atoms with Crippen molar-refractivity contribution in [2.45, 2.75) is 155 Å². The summed E-state index contributed by atoms with van der Waals surface area (Å²) in [6.07, 6.45) is 28.6. The van der Waals surface area contributed by atoms with E-state index in [1.807, 2.05) is 0 Å². The van der Waals surface area contributed by atoms with Crippen molar-refractivity contribution in [3.05, 3.63) is 0 Å². The maximum Gasteiger partial charge on any atom is 0.162 e. The molecular formula is C27H55NO2. The lowest BCUT2D eigenvalue weighted by molar-refractivity contribution is -0.138. The van der Waals surface area contributed by atoms with Crippen molar-refractivity contribution >= 4 is 6.21 Å². The number of hydrogen-bond donors (Lipinski definition) is 1. The molecule has 0 bridgehead atoms. The largest absolute Gasteiger partial charge is 0.352 e. The lowest BCUT2D eigenvalue weighted by Crippen LogP contribution is -2.19. The van der Waals surface area contributed by atoms with Gasteiger partial charge in [-0.25, -0.2) is 0 Å². The highest BCUT2D eigenvalue weighted by atomic mass is 16.7. The molecule has 3 heteroatoms. The summed E-state index contributed by atoms with van der Waals surface area (Å²) in [6, 6.07) is 0. The van der Waals surface area contributed by atoms with Crippen LogP contribution in [0.2, 0.25) is 0 Å². The van der Waals surface area contributed by atoms with Crippen molar-refractivity contribution in [3.63, 3.8) is 0 Å². The molecule has 0 amide bonds. The summed E-state index contributed by atoms with van der Waals surface area (Å²) < 4.78 is 11.7. The maximum atomic E-state index is 7.35. The fraction of sp³-hybridized carbons (Fsp3) is 0.963. The summed E-state index contributed by atoms with van der Waals surface area (Å²) in [6.45, 7) is 6.09. The zero-order chi connectivity index (χ0) is 22.0. The molecule has 0 aromatic rings. The Morgan fingerprint density at radius 3 is 1.10 bits per heavy atom. The third kappa shape index (κ3) is 23.9. The quantitative estimate of drug-likeness (QED) is 0.0852. The predicted octanol–water partition coefficient (Wildman–Crippen LogP) is 9.23. The molecule has 0 saturated carbocycles. The molecule has 0 unspecified atom stereocenters. The zero-order valence-electron chi connectivity index (χ0n) is 20.7. The molecule has 0 radical (unpaired) electrons. The molecule has 0 aromatic heterocycles. The molecule has 0 saturated heterocycles. The second kappa shape index (κ2) is 26.6. The zero-order valence-corrected chi connectivity index (χ0v) is 20.7. The lowest BCUT2D eigenvalue weighted by atomic mass is 10.1. The fourth-order valence-corrected chi connectivity index (χ4v) is 3.89. The lowest BCUT2D eigenvalue weighted by Gasteiger charge is -2.17. The monoisotopic (exact) mass is 425 g/mol. The van der Waals surface area contributed by atoms with Gasteiger partial charge in [0.1, 0.15) is 0 Å². The summed E-state index contributed by atoms with van der Waals surface area (Å²) >= 11 is 0. The smallest absolute Gasteiger partial charge is 0.162 e. The molecule has 1 N–H and O–H groups in total. The summed E-state index contributed by atoms with van der Waals surface area (Å²) in [5.74, 6) is 0. The van der Waals surface area contributed by atoms with Gasteiger partial charge in [0.15, 0.2) is 6.29 Å². The minimum Gasteiger partial charge on any atom is -0.352 e. The van der Waals surface area contributed by atoms with Crippen molar-refractivity contribution in [3.8, 4) is 0 Å². The van der Waals surface area contributed by atoms with Gasteiger partial charge in [-0.2, -0.15) is 0 Å². The molecule has 0 aliphatic rings. The van der Waals surface area contributed by atoms with Gasteiger partial charge >= 0.3 is 0 Å². The summed E-state index contributed by atoms with van der Waals surface area (Å²) in [7, 11) is 0. The van der Waals surface area contributed by atoms with Crippen LogP contribution in [0.1, 0.15) is 149 Å². The Hall–Kier alpha value is -0.410. The van der Waals surface area contributed by atoms with Crippen molar-refractivity contribution in [2.75, 3.05) is 13.2 Å². The molecule has 30 heavy (non-hydrogen) atoms. The van der Waals surface area contributed by atoms with Crippen molar-refractivity contribution in [1.29, 1.82) is 5.41 Å². The number of unbranched alkanes of at least 4 members (excludes halogenated alkanes) is 18. The number of hydrogen-bond acceptors (Lipinski definition) is 3. The Balaban J connectivity index is 3.41. The minimum atomic E-state index is -0.209. The van der Waals surface area contributed by atoms with Gasteiger partial charge in [0.05, 0.1) is 0 Å². The van der Waals surface area contributed by atoms with Gasteiger partial charge in [-0.05, 0) is 12.8 Å². The molecule has 0 aliphatic carbocycles. The van der Waals surface area contributed by atoms with E-state index in [9.17, 15) is 0 Å². The molecule has 0 aliphatic heterocycles. The SMILES string of the molecule is CCCCCCCCCCCCOC(CC=N)OCCCCCCCCCCCC. The number of ether oxygens (including phenoxy) is 2. The predicted molar refractivity (Wildman–Crippen MR) is 133 cm³/mol. The van der Waals surface area contributed by atoms with Gasteiger partial charge in [0.25, 0.3) is 0 Å². The van der Waals surface area contributed by atoms with Crippen LogP contribution in [0.4, 0.5) is 0 Å². The number of rotatable bonds is 26. The van der Waals surface area contributed by atoms with Crippen molar-refractivity contribution in [2.24, 2.45) is 0 Å². The van der Waals surface area contributed by atoms with Crippen LogP contribution in [0.3, 0.4) is 0 Å². The Kier molecular flexibility index (Phi) is 26.3. The van der Waals surface area contributed by atoms with E-state index in [1.165, 1.54) is 122 Å². The Labute approximate surface area is 189 Å². The maximum absolute atomic E-state index is 7.35. The molecule has 0 fully saturated rings. The highest BCUT2D eigenvalue weighted by molar-refractivity contribution is 5.53. The van der Waals surface area contributed by atoms with Crippen molar-refractivity contribution < 1.29 is 9.47 Å². The average Bonchev–Trinajstić information content (AvgIpc) is 2.75. The molecule has 0 aromatic carbocycles. The second-order valence-electron chi connectivity index (χ2n) is 8.97. The van der Waals surface area contributed by atoms with Gasteiger partial charge in [-0.1, -0.05) is 129 Å². The Morgan fingerprint density at radius 1 is 0.500 bits per heavy atom. The van der Waals surface area contributed by atoms with E-state index in [-0.39, 0.29) is 6.29 Å². The van der Waals surface area contributed by atoms with E-state index < -0.39 is 0 Å². The van der Waals surface area contributed by atoms with Gasteiger partial charge in [-0.3, -0.25) is 0 Å². The van der Waals surface area contributed by atoms with E-state index in [0.717, 1.165) is 26.1 Å². The van der Waals surface area contributed by atoms with Crippen LogP contribution in [-0.4, -0.2) is 25.7 Å². The van der Waals surface area contributed by atoms with E-state index >= 15 is 0 Å². The van der Waals surface area contributed by atoms with Crippen LogP contribution in [0.5, 0.6) is 0 Å². The minimum absolute atomic E-state index is 0.209. The first kappa shape index (κ1) is 29.6. The third-order valence-corrected chi connectivity index (χ3v) is 5.91. The summed E-state index contributed by atoms with van der Waals surface area (Å²) in [5, 5.41) is 7.35. The van der Waals surface area contributed by atoms with Crippen LogP contribution in [0, 0.1) is 5.41 Å². The fourth-order valence-electron chi connectivity index (χ4n) is 3.89. The van der Waals surface area contributed by atoms with E-state index in [4.69, 9.17) is 14.9 Å². The molecule has 0 heterocycles. The average molecular weight is 426 g/mol. The van der Waals surface area contributed by atoms with Gasteiger partial charge in [-0.15, -0.1) is 0 Å². The highest BCUT2D eigenvalue weighted by Crippen LogP contribution is 2.12. The number of nitrogens with one attached hydrogen (secondary N) is 1. The highest BCUT2D eigenvalue weighted by Gasteiger charge is 2.07. The second-order valence-corrected chi connectivity index (χ2v) is 8.97.